The maximum atomic E-state index is 12.6. The number of hydrogen-bond donors (Lipinski definition) is 0. The summed E-state index contributed by atoms with van der Waals surface area (Å²) < 4.78 is 42.4. The van der Waals surface area contributed by atoms with Crippen LogP contribution in [0.15, 0.2) is 24.3 Å². The van der Waals surface area contributed by atoms with E-state index in [0.717, 1.165) is 31.2 Å². The van der Waals surface area contributed by atoms with Crippen LogP contribution in [0.5, 0.6) is 0 Å². The molecule has 1 fully saturated rings. The Morgan fingerprint density at radius 3 is 2.14 bits per heavy atom. The van der Waals surface area contributed by atoms with Crippen LogP contribution in [-0.4, -0.2) is 20.1 Å². The fraction of sp³-hybridized carbons (Fsp3) is 0.533. The molecule has 0 bridgehead atoms. The predicted molar refractivity (Wildman–Crippen MR) is 76.5 cm³/mol. The molecule has 0 aliphatic heterocycles. The van der Waals surface area contributed by atoms with Crippen molar-refractivity contribution >= 4 is 18.4 Å². The number of rotatable bonds is 4. The summed E-state index contributed by atoms with van der Waals surface area (Å²) in [7, 11) is 1.39. The van der Waals surface area contributed by atoms with Gasteiger partial charge in [0.1, 0.15) is 0 Å². The number of ether oxygens (including phenoxy) is 1. The van der Waals surface area contributed by atoms with Gasteiger partial charge in [0.2, 0.25) is 0 Å². The van der Waals surface area contributed by atoms with Gasteiger partial charge >= 0.3 is 64.3 Å². The zero-order valence-electron chi connectivity index (χ0n) is 13.0. The maximum absolute atomic E-state index is 12.6. The molecule has 1 aromatic rings. The van der Waals surface area contributed by atoms with Gasteiger partial charge in [0.05, 0.1) is 7.11 Å². The Balaban J connectivity index is 0.00000242. The van der Waals surface area contributed by atoms with Crippen molar-refractivity contribution in [2.24, 2.45) is 5.92 Å². The third-order valence-corrected chi connectivity index (χ3v) is 4.32. The molecule has 0 atom stereocenters. The van der Waals surface area contributed by atoms with E-state index >= 15 is 0 Å². The van der Waals surface area contributed by atoms with Gasteiger partial charge in [-0.2, -0.15) is 0 Å². The molecule has 7 heteroatoms. The van der Waals surface area contributed by atoms with E-state index in [2.05, 4.69) is 4.74 Å². The zero-order chi connectivity index (χ0) is 15.5. The average molecular weight is 338 g/mol. The smallest absolute Gasteiger partial charge is 0.469 e. The van der Waals surface area contributed by atoms with Crippen molar-refractivity contribution in [3.8, 4) is 0 Å². The minimum absolute atomic E-state index is 0. The van der Waals surface area contributed by atoms with Gasteiger partial charge in [-0.25, -0.2) is 0 Å². The van der Waals surface area contributed by atoms with Crippen LogP contribution in [-0.2, 0) is 9.53 Å². The fourth-order valence-corrected chi connectivity index (χ4v) is 3.01. The standard InChI is InChI=1S/C15H19BF3O2.K/c1-21-15(20)10-11-2-4-12(5-3-11)13-6-8-14(9-7-13)16(17,18)19;/h6-9,11-12H,2-5,10H2,1H3;/q-1;+1. The molecule has 1 aromatic carbocycles. The minimum atomic E-state index is -4.92. The first kappa shape index (κ1) is 20.2. The van der Waals surface area contributed by atoms with Gasteiger partial charge in [-0.15, -0.1) is 5.46 Å². The van der Waals surface area contributed by atoms with Gasteiger partial charge in [-0.1, -0.05) is 24.3 Å². The van der Waals surface area contributed by atoms with Gasteiger partial charge in [0.25, 0.3) is 0 Å². The third kappa shape index (κ3) is 5.67. The molecular weight excluding hydrogens is 319 g/mol. The van der Waals surface area contributed by atoms with E-state index in [1.807, 2.05) is 0 Å². The van der Waals surface area contributed by atoms with Crippen LogP contribution >= 0.6 is 0 Å². The van der Waals surface area contributed by atoms with Crippen LogP contribution in [0.3, 0.4) is 0 Å². The fourth-order valence-electron chi connectivity index (χ4n) is 3.01. The molecule has 0 N–H and O–H groups in total. The van der Waals surface area contributed by atoms with Gasteiger partial charge in [-0.3, -0.25) is 4.79 Å². The van der Waals surface area contributed by atoms with Crippen molar-refractivity contribution in [2.45, 2.75) is 38.0 Å². The molecule has 0 saturated heterocycles. The van der Waals surface area contributed by atoms with E-state index in [1.165, 1.54) is 19.2 Å². The van der Waals surface area contributed by atoms with Crippen LogP contribution in [0.25, 0.3) is 0 Å². The summed E-state index contributed by atoms with van der Waals surface area (Å²) in [5.41, 5.74) is 0.424. The Hall–Kier alpha value is 0.181. The molecule has 1 aliphatic carbocycles. The largest absolute Gasteiger partial charge is 1.00 e. The molecule has 0 unspecified atom stereocenters. The number of carbonyl (C=O) groups is 1. The molecule has 0 radical (unpaired) electrons. The Kier molecular flexibility index (Phi) is 8.16. The van der Waals surface area contributed by atoms with Gasteiger partial charge in [0.15, 0.2) is 0 Å². The van der Waals surface area contributed by atoms with E-state index in [-0.39, 0.29) is 57.4 Å². The summed E-state index contributed by atoms with van der Waals surface area (Å²) in [6, 6.07) is 5.54. The second kappa shape index (κ2) is 8.87. The molecule has 0 aromatic heterocycles. The molecule has 1 aliphatic rings. The van der Waals surface area contributed by atoms with Crippen molar-refractivity contribution in [3.63, 3.8) is 0 Å². The van der Waals surface area contributed by atoms with Gasteiger partial charge in [0, 0.05) is 6.42 Å². The minimum Gasteiger partial charge on any atom is -0.469 e. The maximum Gasteiger partial charge on any atom is 1.00 e. The second-order valence-electron chi connectivity index (χ2n) is 5.74. The predicted octanol–water partition coefficient (Wildman–Crippen LogP) is 0.582. The van der Waals surface area contributed by atoms with E-state index in [1.54, 1.807) is 12.1 Å². The van der Waals surface area contributed by atoms with Crippen molar-refractivity contribution in [1.29, 1.82) is 0 Å². The summed E-state index contributed by atoms with van der Waals surface area (Å²) in [4.78, 5) is 11.2. The average Bonchev–Trinajstić information content (AvgIpc) is 2.47. The van der Waals surface area contributed by atoms with Crippen molar-refractivity contribution in [2.75, 3.05) is 7.11 Å². The zero-order valence-corrected chi connectivity index (χ0v) is 16.2. The number of benzene rings is 1. The first-order chi connectivity index (χ1) is 9.90. The van der Waals surface area contributed by atoms with Crippen LogP contribution in [0.4, 0.5) is 12.9 Å². The van der Waals surface area contributed by atoms with Crippen molar-refractivity contribution in [1.82, 2.24) is 0 Å². The van der Waals surface area contributed by atoms with Crippen LogP contribution in [0.2, 0.25) is 0 Å². The molecule has 0 heterocycles. The molecule has 1 saturated carbocycles. The van der Waals surface area contributed by atoms with Crippen molar-refractivity contribution in [3.05, 3.63) is 29.8 Å². The first-order valence-electron chi connectivity index (χ1n) is 7.26. The summed E-state index contributed by atoms with van der Waals surface area (Å²) in [6.07, 6.45) is 4.12. The number of methoxy groups -OCH3 is 1. The first-order valence-corrected chi connectivity index (χ1v) is 7.26. The Bertz CT molecular complexity index is 483. The van der Waals surface area contributed by atoms with Crippen LogP contribution in [0.1, 0.15) is 43.6 Å². The third-order valence-electron chi connectivity index (χ3n) is 4.32. The molecular formula is C15H19BF3KO2. The number of halogens is 3. The van der Waals surface area contributed by atoms with E-state index < -0.39 is 12.4 Å². The number of esters is 1. The van der Waals surface area contributed by atoms with Gasteiger partial charge in [-0.05, 0) is 43.1 Å². The van der Waals surface area contributed by atoms with E-state index in [4.69, 9.17) is 0 Å². The normalized spacial score (nSPS) is 21.8. The summed E-state index contributed by atoms with van der Waals surface area (Å²) in [5, 5.41) is 0. The molecule has 0 amide bonds. The van der Waals surface area contributed by atoms with E-state index in [9.17, 15) is 17.7 Å². The summed E-state index contributed by atoms with van der Waals surface area (Å²) in [6.45, 7) is -4.92. The quantitative estimate of drug-likeness (QED) is 0.593. The SMILES string of the molecule is COC(=O)CC1CCC(c2ccc([B-](F)(F)F)cc2)CC1.[K+]. The Labute approximate surface area is 171 Å². The second-order valence-corrected chi connectivity index (χ2v) is 5.74. The molecule has 22 heavy (non-hydrogen) atoms. The molecule has 2 rings (SSSR count). The monoisotopic (exact) mass is 338 g/mol. The summed E-state index contributed by atoms with van der Waals surface area (Å²) >= 11 is 0. The Morgan fingerprint density at radius 2 is 1.68 bits per heavy atom. The molecule has 2 nitrogen and oxygen atoms in total. The van der Waals surface area contributed by atoms with Crippen LogP contribution < -0.4 is 56.8 Å². The summed E-state index contributed by atoms with van der Waals surface area (Å²) in [5.74, 6) is 0.454. The van der Waals surface area contributed by atoms with Gasteiger partial charge < -0.3 is 17.7 Å². The van der Waals surface area contributed by atoms with Crippen molar-refractivity contribution < 1.29 is 73.9 Å². The molecule has 0 spiro atoms. The Morgan fingerprint density at radius 1 is 1.14 bits per heavy atom. The van der Waals surface area contributed by atoms with Crippen LogP contribution in [0, 0.1) is 5.92 Å². The number of carbonyl (C=O) groups excluding carboxylic acids is 1. The van der Waals surface area contributed by atoms with E-state index in [0.29, 0.717) is 18.3 Å². The number of hydrogen-bond acceptors (Lipinski definition) is 2. The topological polar surface area (TPSA) is 26.3 Å². The molecule has 116 valence electrons.